The lowest BCUT2D eigenvalue weighted by Gasteiger charge is -2.26. The summed E-state index contributed by atoms with van der Waals surface area (Å²) in [5.74, 6) is 0. The number of H-pyrrole nitrogens is 2. The zero-order valence-electron chi connectivity index (χ0n) is 30.4. The van der Waals surface area contributed by atoms with Crippen molar-refractivity contribution in [2.75, 3.05) is 0 Å². The number of hydrogen-bond donors (Lipinski definition) is 2. The van der Waals surface area contributed by atoms with Crippen LogP contribution in [0.25, 0.3) is 55.5 Å². The molecule has 46 heavy (non-hydrogen) atoms. The van der Waals surface area contributed by atoms with Gasteiger partial charge in [-0.2, -0.15) is 0 Å². The first kappa shape index (κ1) is 31.8. The molecule has 3 aromatic heterocycles. The Balaban J connectivity index is 1.87. The highest BCUT2D eigenvalue weighted by Crippen LogP contribution is 2.44. The van der Waals surface area contributed by atoms with E-state index in [0.29, 0.717) is 0 Å². The van der Waals surface area contributed by atoms with Crippen LogP contribution in [0.1, 0.15) is 125 Å². The van der Waals surface area contributed by atoms with Crippen LogP contribution in [0.15, 0.2) is 36.4 Å². The average molecular weight is 611 g/mol. The van der Waals surface area contributed by atoms with E-state index in [9.17, 15) is 0 Å². The first-order chi connectivity index (χ1) is 21.4. The van der Waals surface area contributed by atoms with Crippen LogP contribution >= 0.6 is 0 Å². The summed E-state index contributed by atoms with van der Waals surface area (Å²) < 4.78 is 0. The molecule has 4 nitrogen and oxygen atoms in total. The zero-order chi connectivity index (χ0) is 33.6. The van der Waals surface area contributed by atoms with Crippen molar-refractivity contribution >= 4 is 44.4 Å². The molecule has 0 saturated carbocycles. The fourth-order valence-electron chi connectivity index (χ4n) is 6.58. The highest BCUT2D eigenvalue weighted by Gasteiger charge is 2.27. The fraction of sp³-hybridized carbons (Fsp3) is 0.381. The molecule has 0 spiro atoms. The second-order valence-electron chi connectivity index (χ2n) is 15.7. The lowest BCUT2D eigenvalue weighted by molar-refractivity contribution is 0.569. The number of aryl methyl sites for hydroxylation is 4. The molecule has 0 unspecified atom stereocenters. The molecule has 5 heterocycles. The molecule has 1 aromatic carbocycles. The van der Waals surface area contributed by atoms with Gasteiger partial charge in [-0.05, 0) is 146 Å². The molecule has 0 atom stereocenters. The Kier molecular flexibility index (Phi) is 7.39. The summed E-state index contributed by atoms with van der Waals surface area (Å²) in [5, 5.41) is 0. The van der Waals surface area contributed by atoms with Crippen LogP contribution in [0.4, 0.5) is 0 Å². The number of rotatable bonds is 1. The van der Waals surface area contributed by atoms with Gasteiger partial charge >= 0.3 is 0 Å². The van der Waals surface area contributed by atoms with E-state index < -0.39 is 0 Å². The maximum Gasteiger partial charge on any atom is 0.0769 e. The van der Waals surface area contributed by atoms with E-state index in [1.54, 1.807) is 0 Å². The van der Waals surface area contributed by atoms with Crippen molar-refractivity contribution in [3.8, 4) is 11.1 Å². The average Bonchev–Trinajstić information content (AvgIpc) is 3.60. The Morgan fingerprint density at radius 1 is 0.435 bits per heavy atom. The van der Waals surface area contributed by atoms with Crippen LogP contribution in [0.5, 0.6) is 0 Å². The Morgan fingerprint density at radius 2 is 0.783 bits per heavy atom. The fourth-order valence-corrected chi connectivity index (χ4v) is 6.58. The van der Waals surface area contributed by atoms with Crippen LogP contribution in [-0.2, 0) is 10.8 Å². The molecular weight excluding hydrogens is 560 g/mol. The number of aromatic amines is 2. The molecule has 4 heteroatoms. The molecule has 2 aliphatic rings. The monoisotopic (exact) mass is 610 g/mol. The molecule has 0 saturated heterocycles. The van der Waals surface area contributed by atoms with Gasteiger partial charge in [0, 0.05) is 27.6 Å². The summed E-state index contributed by atoms with van der Waals surface area (Å²) in [6.45, 7) is 31.5. The van der Waals surface area contributed by atoms with Crippen LogP contribution in [0.2, 0.25) is 0 Å². The minimum Gasteiger partial charge on any atom is -0.355 e. The quantitative estimate of drug-likeness (QED) is 0.225. The Labute approximate surface area is 275 Å². The number of benzene rings is 1. The van der Waals surface area contributed by atoms with Crippen molar-refractivity contribution in [2.24, 2.45) is 0 Å². The maximum absolute atomic E-state index is 5.45. The van der Waals surface area contributed by atoms with Gasteiger partial charge in [0.1, 0.15) is 0 Å². The third-order valence-electron chi connectivity index (χ3n) is 10.6. The van der Waals surface area contributed by atoms with Crippen LogP contribution in [0, 0.1) is 27.7 Å². The van der Waals surface area contributed by atoms with Crippen LogP contribution in [0.3, 0.4) is 0 Å². The molecule has 2 N–H and O–H groups in total. The Hall–Kier alpha value is -4.18. The normalized spacial score (nSPS) is 14.1. The summed E-state index contributed by atoms with van der Waals surface area (Å²) in [6, 6.07) is 13.9. The first-order valence-corrected chi connectivity index (χ1v) is 16.6. The SMILES string of the molecule is CC1=C(C)c2nc1cc1[nH]c(cc3[nH]c(cc4nc(c2-c2cc(C(C)(C)C)cc(C(C)(C)C)c2)C(C)=C4C)c(C)c3C)c(C)c1C. The van der Waals surface area contributed by atoms with Crippen molar-refractivity contribution in [1.29, 1.82) is 0 Å². The number of nitrogens with one attached hydrogen (secondary N) is 2. The van der Waals surface area contributed by atoms with Crippen LogP contribution in [-0.4, -0.2) is 19.9 Å². The number of hydrogen-bond acceptors (Lipinski definition) is 2. The summed E-state index contributed by atoms with van der Waals surface area (Å²) in [4.78, 5) is 18.4. The van der Waals surface area contributed by atoms with E-state index >= 15 is 0 Å². The lowest BCUT2D eigenvalue weighted by atomic mass is 9.78. The van der Waals surface area contributed by atoms with Crippen molar-refractivity contribution in [2.45, 2.75) is 108 Å². The van der Waals surface area contributed by atoms with Gasteiger partial charge in [0.15, 0.2) is 0 Å². The summed E-state index contributed by atoms with van der Waals surface area (Å²) in [7, 11) is 0. The van der Waals surface area contributed by atoms with Crippen LogP contribution < -0.4 is 0 Å². The van der Waals surface area contributed by atoms with Gasteiger partial charge in [-0.15, -0.1) is 0 Å². The van der Waals surface area contributed by atoms with E-state index in [4.69, 9.17) is 9.97 Å². The summed E-state index contributed by atoms with van der Waals surface area (Å²) >= 11 is 0. The summed E-state index contributed by atoms with van der Waals surface area (Å²) in [5.41, 5.74) is 23.1. The van der Waals surface area contributed by atoms with Gasteiger partial charge in [-0.25, -0.2) is 9.97 Å². The predicted octanol–water partition coefficient (Wildman–Crippen LogP) is 11.7. The van der Waals surface area contributed by atoms with Crippen molar-refractivity contribution in [3.05, 3.63) is 92.6 Å². The van der Waals surface area contributed by atoms with Crippen molar-refractivity contribution < 1.29 is 0 Å². The highest BCUT2D eigenvalue weighted by atomic mass is 14.8. The third kappa shape index (κ3) is 5.16. The highest BCUT2D eigenvalue weighted by molar-refractivity contribution is 6.01. The van der Waals surface area contributed by atoms with E-state index in [0.717, 1.165) is 50.4 Å². The van der Waals surface area contributed by atoms with E-state index in [-0.39, 0.29) is 10.8 Å². The predicted molar refractivity (Wildman–Crippen MR) is 199 cm³/mol. The smallest absolute Gasteiger partial charge is 0.0769 e. The number of fused-ring (bicyclic) bond motifs is 8. The van der Waals surface area contributed by atoms with Gasteiger partial charge in [0.2, 0.25) is 0 Å². The van der Waals surface area contributed by atoms with E-state index in [1.807, 2.05) is 0 Å². The molecule has 0 aliphatic carbocycles. The molecule has 238 valence electrons. The maximum atomic E-state index is 5.45. The molecule has 0 amide bonds. The largest absolute Gasteiger partial charge is 0.355 e. The molecule has 0 fully saturated rings. The first-order valence-electron chi connectivity index (χ1n) is 16.6. The molecule has 0 radical (unpaired) electrons. The Bertz CT molecular complexity index is 2030. The topological polar surface area (TPSA) is 57.4 Å². The molecule has 2 aliphatic heterocycles. The molecule has 6 rings (SSSR count). The van der Waals surface area contributed by atoms with Gasteiger partial charge in [0.25, 0.3) is 0 Å². The molecular formula is C42H50N4. The number of aromatic nitrogens is 4. The molecule has 4 aromatic rings. The van der Waals surface area contributed by atoms with E-state index in [1.165, 1.54) is 61.2 Å². The minimum atomic E-state index is -0.0139. The molecule has 8 bridgehead atoms. The Morgan fingerprint density at radius 3 is 1.13 bits per heavy atom. The number of nitrogens with zero attached hydrogens (tertiary/aromatic N) is 2. The van der Waals surface area contributed by atoms with Crippen molar-refractivity contribution in [1.82, 2.24) is 19.9 Å². The lowest BCUT2D eigenvalue weighted by Crippen LogP contribution is -2.16. The third-order valence-corrected chi connectivity index (χ3v) is 10.6. The van der Waals surface area contributed by atoms with Gasteiger partial charge in [-0.3, -0.25) is 0 Å². The van der Waals surface area contributed by atoms with Gasteiger partial charge < -0.3 is 9.97 Å². The van der Waals surface area contributed by atoms with E-state index in [2.05, 4.69) is 143 Å². The van der Waals surface area contributed by atoms with Crippen molar-refractivity contribution in [3.63, 3.8) is 0 Å². The van der Waals surface area contributed by atoms with Gasteiger partial charge in [-0.1, -0.05) is 59.7 Å². The standard InChI is InChI=1S/C42H50N4/c1-21-23(3)34-19-36-25(5)27(7)39(45-36)38(29-15-30(41(9,10)11)17-31(16-29)42(12,13)14)40-28(8)26(6)37(46-40)20-35-24(4)22(2)33(44-35)18-32(21)43-34/h15-20,43-44H,1-14H3. The zero-order valence-corrected chi connectivity index (χ0v) is 30.4. The minimum absolute atomic E-state index is 0.0139. The summed E-state index contributed by atoms with van der Waals surface area (Å²) in [6.07, 6.45) is 0. The number of allylic oxidation sites excluding steroid dienone is 4. The van der Waals surface area contributed by atoms with Gasteiger partial charge in [0.05, 0.1) is 22.8 Å². The second kappa shape index (κ2) is 10.7. The second-order valence-corrected chi connectivity index (χ2v) is 15.7.